The Kier molecular flexibility index (Phi) is 9.60. The summed E-state index contributed by atoms with van der Waals surface area (Å²) >= 11 is 0. The Labute approximate surface area is 169 Å². The summed E-state index contributed by atoms with van der Waals surface area (Å²) in [5, 5.41) is 0. The Bertz CT molecular complexity index is 490. The molecular formula is C20H33F6NO2. The minimum absolute atomic E-state index is 0.00604. The molecule has 1 saturated carbocycles. The highest BCUT2D eigenvalue weighted by Crippen LogP contribution is 2.46. The smallest absolute Gasteiger partial charge is 0.426 e. The van der Waals surface area contributed by atoms with E-state index in [9.17, 15) is 31.1 Å². The first kappa shape index (κ1) is 25.9. The molecule has 0 heterocycles. The van der Waals surface area contributed by atoms with Crippen LogP contribution in [0.5, 0.6) is 0 Å². The molecule has 1 rings (SSSR count). The van der Waals surface area contributed by atoms with Gasteiger partial charge in [-0.25, -0.2) is 4.79 Å². The monoisotopic (exact) mass is 433 g/mol. The fourth-order valence-electron chi connectivity index (χ4n) is 4.52. The Balaban J connectivity index is 2.84. The van der Waals surface area contributed by atoms with Crippen molar-refractivity contribution >= 4 is 6.09 Å². The number of hydrogen-bond donors (Lipinski definition) is 0. The molecule has 9 heteroatoms. The van der Waals surface area contributed by atoms with Crippen molar-refractivity contribution in [3.63, 3.8) is 0 Å². The van der Waals surface area contributed by atoms with Crippen LogP contribution in [-0.2, 0) is 4.74 Å². The average molecular weight is 433 g/mol. The lowest BCUT2D eigenvalue weighted by atomic mass is 9.61. The second-order valence-electron chi connectivity index (χ2n) is 7.92. The van der Waals surface area contributed by atoms with Crippen LogP contribution in [0, 0.1) is 23.7 Å². The molecule has 0 saturated heterocycles. The number of carbonyl (C=O) groups is 1. The van der Waals surface area contributed by atoms with Crippen molar-refractivity contribution in [2.45, 2.75) is 84.7 Å². The maximum Gasteiger partial charge on any atom is 0.434 e. The molecule has 1 fully saturated rings. The first-order valence-corrected chi connectivity index (χ1v) is 10.5. The van der Waals surface area contributed by atoms with Crippen molar-refractivity contribution in [3.05, 3.63) is 0 Å². The lowest BCUT2D eigenvalue weighted by molar-refractivity contribution is -0.308. The van der Waals surface area contributed by atoms with Crippen molar-refractivity contribution in [2.75, 3.05) is 13.1 Å². The quantitative estimate of drug-likeness (QED) is 0.354. The first-order valence-electron chi connectivity index (χ1n) is 10.5. The Morgan fingerprint density at radius 3 is 1.90 bits per heavy atom. The summed E-state index contributed by atoms with van der Waals surface area (Å²) < 4.78 is 80.0. The molecule has 29 heavy (non-hydrogen) atoms. The van der Waals surface area contributed by atoms with Gasteiger partial charge in [-0.1, -0.05) is 46.5 Å². The Hall–Kier alpha value is -1.15. The molecule has 3 atom stereocenters. The molecule has 0 aromatic heterocycles. The van der Waals surface area contributed by atoms with Crippen LogP contribution in [-0.4, -0.2) is 42.5 Å². The van der Waals surface area contributed by atoms with Gasteiger partial charge in [0.05, 0.1) is 0 Å². The summed E-state index contributed by atoms with van der Waals surface area (Å²) in [5.41, 5.74) is 0. The van der Waals surface area contributed by atoms with Gasteiger partial charge in [-0.3, -0.25) is 0 Å². The van der Waals surface area contributed by atoms with E-state index in [2.05, 4.69) is 25.5 Å². The van der Waals surface area contributed by atoms with Gasteiger partial charge in [0.25, 0.3) is 6.10 Å². The van der Waals surface area contributed by atoms with E-state index in [4.69, 9.17) is 0 Å². The zero-order valence-corrected chi connectivity index (χ0v) is 17.6. The van der Waals surface area contributed by atoms with Crippen molar-refractivity contribution < 1.29 is 35.9 Å². The molecule has 0 aromatic rings. The van der Waals surface area contributed by atoms with E-state index in [0.29, 0.717) is 17.8 Å². The highest BCUT2D eigenvalue weighted by Gasteiger charge is 2.60. The summed E-state index contributed by atoms with van der Waals surface area (Å²) in [6, 6.07) is 0. The normalized spacial score (nSPS) is 21.2. The third kappa shape index (κ3) is 6.95. The lowest BCUT2D eigenvalue weighted by Crippen LogP contribution is -2.50. The number of alkyl halides is 6. The van der Waals surface area contributed by atoms with Crippen molar-refractivity contribution in [1.29, 1.82) is 0 Å². The minimum atomic E-state index is -5.70. The molecular weight excluding hydrogens is 400 g/mol. The van der Waals surface area contributed by atoms with Crippen LogP contribution in [0.15, 0.2) is 0 Å². The van der Waals surface area contributed by atoms with E-state index in [-0.39, 0.29) is 19.0 Å². The summed E-state index contributed by atoms with van der Waals surface area (Å²) in [6.45, 7) is 8.02. The van der Waals surface area contributed by atoms with Crippen LogP contribution < -0.4 is 0 Å². The second kappa shape index (κ2) is 10.8. The van der Waals surface area contributed by atoms with Gasteiger partial charge in [-0.2, -0.15) is 26.3 Å². The zero-order chi connectivity index (χ0) is 22.4. The zero-order valence-electron chi connectivity index (χ0n) is 17.6. The van der Waals surface area contributed by atoms with Gasteiger partial charge in [0.15, 0.2) is 0 Å². The van der Waals surface area contributed by atoms with Gasteiger partial charge in [-0.15, -0.1) is 0 Å². The van der Waals surface area contributed by atoms with Crippen LogP contribution in [0.4, 0.5) is 31.1 Å². The van der Waals surface area contributed by atoms with Crippen LogP contribution >= 0.6 is 0 Å². The van der Waals surface area contributed by atoms with Gasteiger partial charge in [-0.05, 0) is 43.4 Å². The Morgan fingerprint density at radius 1 is 1.00 bits per heavy atom. The van der Waals surface area contributed by atoms with E-state index in [1.165, 1.54) is 6.92 Å². The van der Waals surface area contributed by atoms with Crippen LogP contribution in [0.25, 0.3) is 0 Å². The van der Waals surface area contributed by atoms with Gasteiger partial charge in [0, 0.05) is 13.1 Å². The Morgan fingerprint density at radius 2 is 1.55 bits per heavy atom. The predicted molar refractivity (Wildman–Crippen MR) is 98.3 cm³/mol. The number of ether oxygens (including phenoxy) is 1. The molecule has 0 N–H and O–H groups in total. The first-order chi connectivity index (χ1) is 13.4. The minimum Gasteiger partial charge on any atom is -0.426 e. The van der Waals surface area contributed by atoms with Gasteiger partial charge in [0.2, 0.25) is 0 Å². The third-order valence-corrected chi connectivity index (χ3v) is 6.21. The fourth-order valence-corrected chi connectivity index (χ4v) is 4.52. The van der Waals surface area contributed by atoms with Crippen LogP contribution in [0.3, 0.4) is 0 Å². The van der Waals surface area contributed by atoms with E-state index >= 15 is 0 Å². The number of carbonyl (C=O) groups excluding carboxylic acids is 1. The molecule has 0 radical (unpaired) electrons. The van der Waals surface area contributed by atoms with E-state index in [0.717, 1.165) is 43.4 Å². The number of nitrogens with zero attached hydrogens (tertiary/aromatic N) is 1. The molecule has 0 aromatic carbocycles. The average Bonchev–Trinajstić information content (AvgIpc) is 2.58. The van der Waals surface area contributed by atoms with E-state index in [1.54, 1.807) is 0 Å². The summed E-state index contributed by atoms with van der Waals surface area (Å²) in [4.78, 5) is 13.1. The van der Waals surface area contributed by atoms with E-state index in [1.807, 2.05) is 0 Å². The number of halogens is 6. The standard InChI is InChI=1S/C20H33F6NO2/c1-5-9-15(13(6-2)7-3)16-11-10-14(16)12-27(8-4)18(28)29-17(19(21,22)23)20(24,25)26/h13-17H,5-12H2,1-4H3. The van der Waals surface area contributed by atoms with Crippen molar-refractivity contribution in [2.24, 2.45) is 23.7 Å². The van der Waals surface area contributed by atoms with Gasteiger partial charge in [0.1, 0.15) is 0 Å². The van der Waals surface area contributed by atoms with Crippen molar-refractivity contribution in [1.82, 2.24) is 4.90 Å². The maximum absolute atomic E-state index is 12.7. The molecule has 1 amide bonds. The highest BCUT2D eigenvalue weighted by molar-refractivity contribution is 5.68. The SMILES string of the molecule is CCCC(C(CC)CC)C1CCC1CN(CC)C(=O)OC(C(F)(F)F)C(F)(F)F. The summed E-state index contributed by atoms with van der Waals surface area (Å²) in [7, 11) is 0. The molecule has 3 unspecified atom stereocenters. The molecule has 1 aliphatic carbocycles. The summed E-state index contributed by atoms with van der Waals surface area (Å²) in [5.74, 6) is 1.41. The molecule has 0 bridgehead atoms. The molecule has 3 nitrogen and oxygen atoms in total. The number of rotatable bonds is 10. The number of amides is 1. The molecule has 172 valence electrons. The lowest BCUT2D eigenvalue weighted by Gasteiger charge is -2.46. The fraction of sp³-hybridized carbons (Fsp3) is 0.950. The highest BCUT2D eigenvalue weighted by atomic mass is 19.4. The van der Waals surface area contributed by atoms with Crippen LogP contribution in [0.1, 0.15) is 66.2 Å². The summed E-state index contributed by atoms with van der Waals surface area (Å²) in [6.07, 6.45) is -11.2. The maximum atomic E-state index is 12.7. The second-order valence-corrected chi connectivity index (χ2v) is 7.92. The number of hydrogen-bond acceptors (Lipinski definition) is 2. The van der Waals surface area contributed by atoms with E-state index < -0.39 is 24.5 Å². The van der Waals surface area contributed by atoms with Gasteiger partial charge < -0.3 is 9.64 Å². The molecule has 1 aliphatic rings. The van der Waals surface area contributed by atoms with Gasteiger partial charge >= 0.3 is 18.4 Å². The third-order valence-electron chi connectivity index (χ3n) is 6.21. The molecule has 0 aliphatic heterocycles. The molecule has 0 spiro atoms. The van der Waals surface area contributed by atoms with Crippen molar-refractivity contribution in [3.8, 4) is 0 Å². The predicted octanol–water partition coefficient (Wildman–Crippen LogP) is 6.82. The van der Waals surface area contributed by atoms with Crippen LogP contribution in [0.2, 0.25) is 0 Å². The topological polar surface area (TPSA) is 29.5 Å². The largest absolute Gasteiger partial charge is 0.434 e.